The molecule has 1 fully saturated rings. The van der Waals surface area contributed by atoms with Gasteiger partial charge in [-0.1, -0.05) is 18.5 Å². The molecule has 1 atom stereocenters. The third kappa shape index (κ3) is 2.82. The Morgan fingerprint density at radius 2 is 2.33 bits per heavy atom. The molecule has 0 spiro atoms. The summed E-state index contributed by atoms with van der Waals surface area (Å²) < 4.78 is 0. The zero-order valence-corrected chi connectivity index (χ0v) is 12.6. The van der Waals surface area contributed by atoms with Crippen LogP contribution in [0.2, 0.25) is 5.02 Å². The second-order valence-electron chi connectivity index (χ2n) is 5.10. The second-order valence-corrected chi connectivity index (χ2v) is 5.54. The number of H-pyrrole nitrogens is 2. The van der Waals surface area contributed by atoms with Gasteiger partial charge in [-0.25, -0.2) is 4.98 Å². The molecule has 1 amide bonds. The number of imidazole rings is 1. The van der Waals surface area contributed by atoms with Crippen molar-refractivity contribution in [2.45, 2.75) is 13.0 Å². The fraction of sp³-hybridized carbons (Fsp3) is 0.429. The van der Waals surface area contributed by atoms with Gasteiger partial charge in [0.1, 0.15) is 11.5 Å². The number of piperazine rings is 1. The highest BCUT2D eigenvalue weighted by molar-refractivity contribution is 6.30. The first kappa shape index (κ1) is 14.2. The molecule has 1 saturated heterocycles. The highest BCUT2D eigenvalue weighted by Gasteiger charge is 2.31. The molecule has 2 aromatic heterocycles. The molecular weight excluding hydrogens is 290 g/mol. The molecule has 2 aromatic rings. The van der Waals surface area contributed by atoms with Gasteiger partial charge >= 0.3 is 0 Å². The van der Waals surface area contributed by atoms with Crippen molar-refractivity contribution in [2.75, 3.05) is 26.2 Å². The number of hydrogen-bond acceptors (Lipinski definition) is 3. The van der Waals surface area contributed by atoms with Crippen LogP contribution in [-0.4, -0.2) is 56.8 Å². The second kappa shape index (κ2) is 5.91. The summed E-state index contributed by atoms with van der Waals surface area (Å²) in [7, 11) is 0. The Hall–Kier alpha value is -1.79. The van der Waals surface area contributed by atoms with Gasteiger partial charge in [-0.05, 0) is 12.6 Å². The van der Waals surface area contributed by atoms with Crippen molar-refractivity contribution >= 4 is 17.5 Å². The first-order valence-corrected chi connectivity index (χ1v) is 7.43. The predicted molar refractivity (Wildman–Crippen MR) is 80.3 cm³/mol. The van der Waals surface area contributed by atoms with Crippen LogP contribution in [-0.2, 0) is 0 Å². The monoisotopic (exact) mass is 307 g/mol. The van der Waals surface area contributed by atoms with Gasteiger partial charge in [-0.3, -0.25) is 9.69 Å². The lowest BCUT2D eigenvalue weighted by Crippen LogP contribution is -2.50. The lowest BCUT2D eigenvalue weighted by molar-refractivity contribution is 0.0475. The normalized spacial score (nSPS) is 19.9. The summed E-state index contributed by atoms with van der Waals surface area (Å²) in [6, 6.07) is 1.77. The number of carbonyl (C=O) groups is 1. The van der Waals surface area contributed by atoms with Gasteiger partial charge in [0.05, 0.1) is 11.1 Å². The van der Waals surface area contributed by atoms with E-state index in [0.29, 0.717) is 23.8 Å². The van der Waals surface area contributed by atoms with E-state index in [4.69, 9.17) is 11.6 Å². The van der Waals surface area contributed by atoms with E-state index in [0.717, 1.165) is 18.9 Å². The van der Waals surface area contributed by atoms with Crippen molar-refractivity contribution in [3.05, 3.63) is 41.2 Å². The van der Waals surface area contributed by atoms with E-state index in [1.807, 2.05) is 11.1 Å². The molecule has 0 aromatic carbocycles. The number of aromatic amines is 2. The Labute approximate surface area is 128 Å². The number of nitrogens with one attached hydrogen (secondary N) is 2. The third-order valence-electron chi connectivity index (χ3n) is 3.90. The summed E-state index contributed by atoms with van der Waals surface area (Å²) in [4.78, 5) is 27.1. The smallest absolute Gasteiger partial charge is 0.270 e. The van der Waals surface area contributed by atoms with Crippen LogP contribution in [0.1, 0.15) is 29.3 Å². The third-order valence-corrected chi connectivity index (χ3v) is 4.12. The number of nitrogens with zero attached hydrogens (tertiary/aromatic N) is 3. The molecule has 0 bridgehead atoms. The maximum Gasteiger partial charge on any atom is 0.270 e. The molecule has 7 heteroatoms. The van der Waals surface area contributed by atoms with Crippen LogP contribution in [0.15, 0.2) is 24.7 Å². The first-order chi connectivity index (χ1) is 10.2. The van der Waals surface area contributed by atoms with Crippen molar-refractivity contribution in [1.82, 2.24) is 24.8 Å². The van der Waals surface area contributed by atoms with Crippen LogP contribution >= 0.6 is 11.6 Å². The van der Waals surface area contributed by atoms with Crippen LogP contribution in [0.4, 0.5) is 0 Å². The van der Waals surface area contributed by atoms with Gasteiger partial charge in [-0.2, -0.15) is 0 Å². The largest absolute Gasteiger partial charge is 0.356 e. The lowest BCUT2D eigenvalue weighted by Gasteiger charge is -2.39. The Morgan fingerprint density at radius 1 is 1.48 bits per heavy atom. The van der Waals surface area contributed by atoms with Crippen molar-refractivity contribution < 1.29 is 4.79 Å². The van der Waals surface area contributed by atoms with Crippen molar-refractivity contribution in [1.29, 1.82) is 0 Å². The van der Waals surface area contributed by atoms with Crippen LogP contribution in [0.5, 0.6) is 0 Å². The van der Waals surface area contributed by atoms with Gasteiger partial charge in [0.2, 0.25) is 0 Å². The number of carbonyl (C=O) groups excluding carboxylic acids is 1. The minimum Gasteiger partial charge on any atom is -0.356 e. The summed E-state index contributed by atoms with van der Waals surface area (Å²) in [6.45, 7) is 5.22. The number of rotatable bonds is 3. The summed E-state index contributed by atoms with van der Waals surface area (Å²) in [6.07, 6.45) is 5.18. The summed E-state index contributed by atoms with van der Waals surface area (Å²) >= 11 is 5.87. The van der Waals surface area contributed by atoms with Crippen molar-refractivity contribution in [2.24, 2.45) is 0 Å². The van der Waals surface area contributed by atoms with E-state index in [1.54, 1.807) is 18.5 Å². The molecule has 6 nitrogen and oxygen atoms in total. The van der Waals surface area contributed by atoms with E-state index in [-0.39, 0.29) is 11.9 Å². The zero-order chi connectivity index (χ0) is 14.8. The van der Waals surface area contributed by atoms with Gasteiger partial charge in [-0.15, -0.1) is 0 Å². The molecule has 0 radical (unpaired) electrons. The number of amides is 1. The fourth-order valence-corrected chi connectivity index (χ4v) is 2.93. The maximum atomic E-state index is 12.5. The maximum absolute atomic E-state index is 12.5. The standard InChI is InChI=1S/C14H18ClN5O/c1-2-19-5-6-20(9-12(19)13-16-3-4-17-13)14(21)11-7-10(15)8-18-11/h3-4,7-8,12,18H,2,5-6,9H2,1H3,(H,16,17)/t12-/m1/s1. The van der Waals surface area contributed by atoms with Gasteiger partial charge < -0.3 is 14.9 Å². The molecule has 112 valence electrons. The van der Waals surface area contributed by atoms with Crippen LogP contribution < -0.4 is 0 Å². The Bertz CT molecular complexity index is 609. The Morgan fingerprint density at radius 3 is 2.95 bits per heavy atom. The molecule has 0 saturated carbocycles. The van der Waals surface area contributed by atoms with E-state index in [9.17, 15) is 4.79 Å². The number of aromatic nitrogens is 3. The van der Waals surface area contributed by atoms with Crippen LogP contribution in [0, 0.1) is 0 Å². The van der Waals surface area contributed by atoms with Crippen molar-refractivity contribution in [3.63, 3.8) is 0 Å². The topological polar surface area (TPSA) is 68.0 Å². The van der Waals surface area contributed by atoms with E-state index in [2.05, 4.69) is 26.8 Å². The molecule has 3 heterocycles. The van der Waals surface area contributed by atoms with Gasteiger partial charge in [0.15, 0.2) is 0 Å². The lowest BCUT2D eigenvalue weighted by atomic mass is 10.1. The average molecular weight is 308 g/mol. The van der Waals surface area contributed by atoms with E-state index in [1.165, 1.54) is 0 Å². The first-order valence-electron chi connectivity index (χ1n) is 7.05. The van der Waals surface area contributed by atoms with Gasteiger partial charge in [0.25, 0.3) is 5.91 Å². The predicted octanol–water partition coefficient (Wildman–Crippen LogP) is 1.91. The molecule has 0 unspecified atom stereocenters. The SMILES string of the molecule is CCN1CCN(C(=O)c2cc(Cl)c[nH]2)C[C@@H]1c1ncc[nH]1. The zero-order valence-electron chi connectivity index (χ0n) is 11.8. The van der Waals surface area contributed by atoms with E-state index < -0.39 is 0 Å². The average Bonchev–Trinajstić information content (AvgIpc) is 3.17. The number of halogens is 1. The van der Waals surface area contributed by atoms with E-state index >= 15 is 0 Å². The Kier molecular flexibility index (Phi) is 3.98. The summed E-state index contributed by atoms with van der Waals surface area (Å²) in [5, 5.41) is 0.549. The molecular formula is C14H18ClN5O. The molecule has 21 heavy (non-hydrogen) atoms. The molecule has 1 aliphatic rings. The highest BCUT2D eigenvalue weighted by Crippen LogP contribution is 2.23. The highest BCUT2D eigenvalue weighted by atomic mass is 35.5. The Balaban J connectivity index is 1.78. The molecule has 1 aliphatic heterocycles. The number of likely N-dealkylation sites (N-methyl/N-ethyl adjacent to an activating group) is 1. The van der Waals surface area contributed by atoms with Crippen LogP contribution in [0.3, 0.4) is 0 Å². The quantitative estimate of drug-likeness (QED) is 0.910. The molecule has 3 rings (SSSR count). The molecule has 2 N–H and O–H groups in total. The minimum absolute atomic E-state index is 0.0193. The summed E-state index contributed by atoms with van der Waals surface area (Å²) in [5.41, 5.74) is 0.531. The minimum atomic E-state index is -0.0193. The summed E-state index contributed by atoms with van der Waals surface area (Å²) in [5.74, 6) is 0.882. The molecule has 0 aliphatic carbocycles. The van der Waals surface area contributed by atoms with Crippen molar-refractivity contribution in [3.8, 4) is 0 Å². The van der Waals surface area contributed by atoms with Crippen LogP contribution in [0.25, 0.3) is 0 Å². The number of hydrogen-bond donors (Lipinski definition) is 2. The fourth-order valence-electron chi connectivity index (χ4n) is 2.76. The van der Waals surface area contributed by atoms with Gasteiger partial charge in [0, 0.05) is 38.2 Å².